The van der Waals surface area contributed by atoms with Crippen molar-refractivity contribution < 1.29 is 19.3 Å². The summed E-state index contributed by atoms with van der Waals surface area (Å²) in [6, 6.07) is 0.501. The van der Waals surface area contributed by atoms with Gasteiger partial charge in [0, 0.05) is 32.2 Å². The van der Waals surface area contributed by atoms with Crippen molar-refractivity contribution in [3.05, 3.63) is 11.5 Å². The van der Waals surface area contributed by atoms with Gasteiger partial charge in [0.05, 0.1) is 39.6 Å². The Morgan fingerprint density at radius 3 is 1.83 bits per heavy atom. The van der Waals surface area contributed by atoms with Crippen LogP contribution in [-0.2, 0) is 14.2 Å². The molecule has 0 aliphatic carbocycles. The lowest BCUT2D eigenvalue weighted by Gasteiger charge is -2.10. The number of nitrogens with one attached hydrogen (secondary N) is 3. The molecule has 4 N–H and O–H groups in total. The Morgan fingerprint density at radius 2 is 1.29 bits per heavy atom. The van der Waals surface area contributed by atoms with Crippen LogP contribution in [0.2, 0.25) is 0 Å². The number of aliphatic hydroxyl groups is 1. The molecule has 0 aliphatic heterocycles. The highest BCUT2D eigenvalue weighted by Crippen LogP contribution is 1.92. The molecule has 144 valence electrons. The van der Waals surface area contributed by atoms with Gasteiger partial charge >= 0.3 is 0 Å². The van der Waals surface area contributed by atoms with E-state index >= 15 is 0 Å². The molecule has 0 radical (unpaired) electrons. The first-order valence-corrected chi connectivity index (χ1v) is 8.81. The van der Waals surface area contributed by atoms with Crippen LogP contribution in [0.15, 0.2) is 11.5 Å². The quantitative estimate of drug-likeness (QED) is 0.231. The summed E-state index contributed by atoms with van der Waals surface area (Å²) in [5, 5.41) is 18.9. The van der Waals surface area contributed by atoms with Crippen molar-refractivity contribution in [2.24, 2.45) is 0 Å². The summed E-state index contributed by atoms with van der Waals surface area (Å²) < 4.78 is 16.3. The highest BCUT2D eigenvalue weighted by Gasteiger charge is 1.95. The molecule has 0 aromatic heterocycles. The third-order valence-electron chi connectivity index (χ3n) is 3.03. The zero-order valence-corrected chi connectivity index (χ0v) is 15.8. The van der Waals surface area contributed by atoms with E-state index in [1.165, 1.54) is 0 Å². The molecule has 7 heteroatoms. The molecule has 0 rings (SSSR count). The minimum Gasteiger partial charge on any atom is -0.495 e. The maximum atomic E-state index is 9.43. The zero-order valence-electron chi connectivity index (χ0n) is 15.8. The summed E-state index contributed by atoms with van der Waals surface area (Å²) in [4.78, 5) is 0. The standard InChI is InChI=1S/C17H37N3O4/c1-15(2)17(21)20-8-12-22-9-5-18-6-10-23-13-14-24-11-7-19-16(3)4/h16,18-21H,5-14H2,1-4H3. The van der Waals surface area contributed by atoms with E-state index in [1.807, 2.05) is 13.8 Å². The van der Waals surface area contributed by atoms with E-state index in [2.05, 4.69) is 29.8 Å². The molecule has 0 amide bonds. The molecule has 7 nitrogen and oxygen atoms in total. The van der Waals surface area contributed by atoms with E-state index in [4.69, 9.17) is 14.2 Å². The van der Waals surface area contributed by atoms with E-state index in [0.717, 1.165) is 31.8 Å². The van der Waals surface area contributed by atoms with Crippen molar-refractivity contribution in [1.29, 1.82) is 0 Å². The third-order valence-corrected chi connectivity index (χ3v) is 3.03. The molecular weight excluding hydrogens is 310 g/mol. The lowest BCUT2D eigenvalue weighted by Crippen LogP contribution is -2.27. The van der Waals surface area contributed by atoms with Crippen LogP contribution in [0.3, 0.4) is 0 Å². The summed E-state index contributed by atoms with van der Waals surface area (Å²) in [6.45, 7) is 14.9. The summed E-state index contributed by atoms with van der Waals surface area (Å²) in [7, 11) is 0. The van der Waals surface area contributed by atoms with Gasteiger partial charge in [-0.3, -0.25) is 0 Å². The molecule has 0 aliphatic rings. The summed E-state index contributed by atoms with van der Waals surface area (Å²) >= 11 is 0. The minimum absolute atomic E-state index is 0.231. The topological polar surface area (TPSA) is 84.0 Å². The second-order valence-electron chi connectivity index (χ2n) is 5.97. The zero-order chi connectivity index (χ0) is 18.0. The molecule has 24 heavy (non-hydrogen) atoms. The average molecular weight is 348 g/mol. The van der Waals surface area contributed by atoms with Gasteiger partial charge in [0.15, 0.2) is 5.88 Å². The fraction of sp³-hybridized carbons (Fsp3) is 0.882. The average Bonchev–Trinajstić information content (AvgIpc) is 2.53. The molecule has 0 unspecified atom stereocenters. The Hall–Kier alpha value is -0.860. The van der Waals surface area contributed by atoms with Crippen LogP contribution in [0.5, 0.6) is 0 Å². The minimum atomic E-state index is 0.231. The Balaban J connectivity index is 3.09. The first-order chi connectivity index (χ1) is 11.5. The van der Waals surface area contributed by atoms with Crippen LogP contribution in [0.25, 0.3) is 0 Å². The molecule has 0 spiro atoms. The van der Waals surface area contributed by atoms with Gasteiger partial charge < -0.3 is 35.3 Å². The van der Waals surface area contributed by atoms with E-state index in [-0.39, 0.29) is 5.88 Å². The number of hydrogen-bond donors (Lipinski definition) is 4. The molecular formula is C17H37N3O4. The van der Waals surface area contributed by atoms with E-state index < -0.39 is 0 Å². The first kappa shape index (κ1) is 23.1. The van der Waals surface area contributed by atoms with Crippen molar-refractivity contribution in [2.45, 2.75) is 33.7 Å². The molecule has 0 atom stereocenters. The fourth-order valence-corrected chi connectivity index (χ4v) is 1.68. The van der Waals surface area contributed by atoms with Gasteiger partial charge in [0.25, 0.3) is 0 Å². The van der Waals surface area contributed by atoms with Crippen molar-refractivity contribution in [2.75, 3.05) is 65.8 Å². The SMILES string of the molecule is CC(C)=C(O)NCCOCCNCCOCCOCCNC(C)C. The van der Waals surface area contributed by atoms with Gasteiger partial charge in [-0.1, -0.05) is 13.8 Å². The highest BCUT2D eigenvalue weighted by atomic mass is 16.5. The fourth-order valence-electron chi connectivity index (χ4n) is 1.68. The normalized spacial score (nSPS) is 11.0. The van der Waals surface area contributed by atoms with Crippen LogP contribution in [-0.4, -0.2) is 77.0 Å². The van der Waals surface area contributed by atoms with Crippen LogP contribution >= 0.6 is 0 Å². The van der Waals surface area contributed by atoms with Crippen molar-refractivity contribution in [1.82, 2.24) is 16.0 Å². The largest absolute Gasteiger partial charge is 0.495 e. The van der Waals surface area contributed by atoms with Crippen molar-refractivity contribution in [3.8, 4) is 0 Å². The number of hydrogen-bond acceptors (Lipinski definition) is 7. The molecule has 0 saturated heterocycles. The second-order valence-corrected chi connectivity index (χ2v) is 5.97. The van der Waals surface area contributed by atoms with E-state index in [1.54, 1.807) is 0 Å². The van der Waals surface area contributed by atoms with Crippen molar-refractivity contribution >= 4 is 0 Å². The number of aliphatic hydroxyl groups excluding tert-OH is 1. The smallest absolute Gasteiger partial charge is 0.182 e. The molecule has 0 saturated carbocycles. The van der Waals surface area contributed by atoms with Crippen LogP contribution in [0.1, 0.15) is 27.7 Å². The van der Waals surface area contributed by atoms with Crippen LogP contribution in [0.4, 0.5) is 0 Å². The predicted molar refractivity (Wildman–Crippen MR) is 97.5 cm³/mol. The highest BCUT2D eigenvalue weighted by molar-refractivity contribution is 4.98. The van der Waals surface area contributed by atoms with Gasteiger partial charge in [0.1, 0.15) is 0 Å². The monoisotopic (exact) mass is 347 g/mol. The Labute approximate surface area is 147 Å². The van der Waals surface area contributed by atoms with Gasteiger partial charge in [0.2, 0.25) is 0 Å². The Morgan fingerprint density at radius 1 is 0.792 bits per heavy atom. The van der Waals surface area contributed by atoms with Gasteiger partial charge in [-0.15, -0.1) is 0 Å². The molecule has 0 heterocycles. The predicted octanol–water partition coefficient (Wildman–Crippen LogP) is 1.02. The lowest BCUT2D eigenvalue weighted by molar-refractivity contribution is 0.0488. The lowest BCUT2D eigenvalue weighted by atomic mass is 10.4. The summed E-state index contributed by atoms with van der Waals surface area (Å²) in [6.07, 6.45) is 0. The van der Waals surface area contributed by atoms with Crippen LogP contribution < -0.4 is 16.0 Å². The number of ether oxygens (including phenoxy) is 3. The summed E-state index contributed by atoms with van der Waals surface area (Å²) in [5.41, 5.74) is 0.870. The first-order valence-electron chi connectivity index (χ1n) is 8.81. The molecule has 0 aromatic rings. The maximum Gasteiger partial charge on any atom is 0.182 e. The van der Waals surface area contributed by atoms with Gasteiger partial charge in [-0.25, -0.2) is 0 Å². The van der Waals surface area contributed by atoms with Gasteiger partial charge in [-0.2, -0.15) is 0 Å². The van der Waals surface area contributed by atoms with E-state index in [9.17, 15) is 5.11 Å². The Bertz CT molecular complexity index is 308. The number of allylic oxidation sites excluding steroid dienone is 1. The molecule has 0 fully saturated rings. The number of rotatable bonds is 17. The van der Waals surface area contributed by atoms with E-state index in [0.29, 0.717) is 45.6 Å². The Kier molecular flexibility index (Phi) is 16.4. The maximum absolute atomic E-state index is 9.43. The molecule has 0 bridgehead atoms. The van der Waals surface area contributed by atoms with Crippen LogP contribution in [0, 0.1) is 0 Å². The second kappa shape index (κ2) is 17.0. The molecule has 0 aromatic carbocycles. The third kappa shape index (κ3) is 17.5. The summed E-state index contributed by atoms with van der Waals surface area (Å²) in [5.74, 6) is 0.231. The van der Waals surface area contributed by atoms with Gasteiger partial charge in [-0.05, 0) is 19.4 Å². The van der Waals surface area contributed by atoms with Crippen molar-refractivity contribution in [3.63, 3.8) is 0 Å².